The molecule has 0 spiro atoms. The number of methoxy groups -OCH3 is 2. The molecule has 0 radical (unpaired) electrons. The molecular weight excluding hydrogens is 508 g/mol. The van der Waals surface area contributed by atoms with Gasteiger partial charge in [0.25, 0.3) is 0 Å². The summed E-state index contributed by atoms with van der Waals surface area (Å²) in [7, 11) is 2.57. The first-order valence-corrected chi connectivity index (χ1v) is 11.7. The van der Waals surface area contributed by atoms with Gasteiger partial charge >= 0.3 is 11.9 Å². The smallest absolute Gasteiger partial charge is 0.339 e. The largest absolute Gasteiger partial charge is 0.472 e. The van der Waals surface area contributed by atoms with Crippen molar-refractivity contribution in [2.75, 3.05) is 14.2 Å². The zero-order valence-corrected chi connectivity index (χ0v) is 20.7. The minimum atomic E-state index is -0.949. The molecule has 6 heteroatoms. The molecule has 0 N–H and O–H groups in total. The molecule has 4 aromatic carbocycles. The van der Waals surface area contributed by atoms with Gasteiger partial charge in [-0.3, -0.25) is 0 Å². The second-order valence-electron chi connectivity index (χ2n) is 8.07. The van der Waals surface area contributed by atoms with E-state index in [9.17, 15) is 9.59 Å². The number of carbonyl (C=O) groups excluding carboxylic acids is 2. The van der Waals surface area contributed by atoms with Crippen LogP contribution in [-0.4, -0.2) is 26.2 Å². The van der Waals surface area contributed by atoms with E-state index in [1.807, 2.05) is 84.9 Å². The fourth-order valence-corrected chi connectivity index (χ4v) is 4.95. The number of esters is 2. The van der Waals surface area contributed by atoms with Crippen molar-refractivity contribution in [3.63, 3.8) is 0 Å². The third-order valence-electron chi connectivity index (χ3n) is 6.19. The lowest BCUT2D eigenvalue weighted by Gasteiger charge is -2.37. The molecule has 0 unspecified atom stereocenters. The molecule has 0 fully saturated rings. The number of rotatable bonds is 4. The van der Waals surface area contributed by atoms with Crippen LogP contribution in [0.4, 0.5) is 0 Å². The first kappa shape index (κ1) is 22.9. The predicted octanol–water partition coefficient (Wildman–Crippen LogP) is 6.52. The van der Waals surface area contributed by atoms with Crippen molar-refractivity contribution < 1.29 is 23.8 Å². The maximum Gasteiger partial charge on any atom is 0.339 e. The van der Waals surface area contributed by atoms with Crippen molar-refractivity contribution >= 4 is 44.7 Å². The number of ether oxygens (including phenoxy) is 3. The summed E-state index contributed by atoms with van der Waals surface area (Å²) in [4.78, 5) is 26.0. The van der Waals surface area contributed by atoms with Gasteiger partial charge in [0.1, 0.15) is 5.75 Å². The van der Waals surface area contributed by atoms with Crippen LogP contribution in [0.2, 0.25) is 0 Å². The van der Waals surface area contributed by atoms with Crippen molar-refractivity contribution in [3.8, 4) is 5.75 Å². The van der Waals surface area contributed by atoms with Crippen LogP contribution in [0.5, 0.6) is 5.75 Å². The van der Waals surface area contributed by atoms with E-state index in [1.165, 1.54) is 14.2 Å². The highest BCUT2D eigenvalue weighted by Crippen LogP contribution is 2.48. The molecule has 1 heterocycles. The predicted molar refractivity (Wildman–Crippen MR) is 138 cm³/mol. The van der Waals surface area contributed by atoms with Crippen LogP contribution in [0.25, 0.3) is 16.8 Å². The van der Waals surface area contributed by atoms with Crippen LogP contribution in [0.1, 0.15) is 37.4 Å². The van der Waals surface area contributed by atoms with Crippen LogP contribution in [0.15, 0.2) is 89.4 Å². The van der Waals surface area contributed by atoms with Gasteiger partial charge < -0.3 is 14.2 Å². The average molecular weight is 529 g/mol. The Labute approximate surface area is 211 Å². The van der Waals surface area contributed by atoms with Gasteiger partial charge in [-0.15, -0.1) is 0 Å². The van der Waals surface area contributed by atoms with E-state index in [0.29, 0.717) is 22.1 Å². The highest BCUT2D eigenvalue weighted by Gasteiger charge is 2.40. The lowest BCUT2D eigenvalue weighted by atomic mass is 9.82. The Morgan fingerprint density at radius 2 is 1.34 bits per heavy atom. The number of halogens is 1. The van der Waals surface area contributed by atoms with Crippen LogP contribution in [-0.2, 0) is 15.1 Å². The molecule has 174 valence electrons. The summed E-state index contributed by atoms with van der Waals surface area (Å²) in [5.74, 6) is -0.799. The van der Waals surface area contributed by atoms with Gasteiger partial charge in [0, 0.05) is 31.9 Å². The molecule has 0 aliphatic carbocycles. The lowest BCUT2D eigenvalue weighted by molar-refractivity contribution is 0.0555. The quantitative estimate of drug-likeness (QED) is 0.282. The summed E-state index contributed by atoms with van der Waals surface area (Å²) in [5, 5.41) is 1.20. The first-order valence-electron chi connectivity index (χ1n) is 11.0. The minimum Gasteiger partial charge on any atom is -0.472 e. The van der Waals surface area contributed by atoms with E-state index < -0.39 is 17.5 Å². The fraction of sp³-hybridized carbons (Fsp3) is 0.103. The molecule has 0 saturated heterocycles. The van der Waals surface area contributed by atoms with Gasteiger partial charge in [-0.25, -0.2) is 9.59 Å². The van der Waals surface area contributed by atoms with Gasteiger partial charge in [0.05, 0.1) is 25.3 Å². The standard InChI is InChI=1S/C29H21BrO5/c1-33-27(31)24-22-15-16-29(18-9-5-3-6-10-18,19-11-7-4-8-12-19)35-26(22)21-14-13-20(30)17-23(21)25(24)28(32)34-2/h3-17H,1-2H3. The summed E-state index contributed by atoms with van der Waals surface area (Å²) < 4.78 is 17.8. The van der Waals surface area contributed by atoms with Crippen LogP contribution < -0.4 is 4.74 Å². The number of hydrogen-bond acceptors (Lipinski definition) is 5. The zero-order valence-electron chi connectivity index (χ0n) is 19.1. The van der Waals surface area contributed by atoms with Crippen molar-refractivity contribution in [2.24, 2.45) is 0 Å². The monoisotopic (exact) mass is 528 g/mol. The Morgan fingerprint density at radius 3 is 1.91 bits per heavy atom. The Kier molecular flexibility index (Phi) is 5.91. The summed E-state index contributed by atoms with van der Waals surface area (Å²) in [6.07, 6.45) is 3.75. The number of fused-ring (bicyclic) bond motifs is 3. The Morgan fingerprint density at radius 1 is 0.771 bits per heavy atom. The maximum absolute atomic E-state index is 13.0. The van der Waals surface area contributed by atoms with Gasteiger partial charge in [-0.05, 0) is 30.4 Å². The van der Waals surface area contributed by atoms with Gasteiger partial charge in [0.2, 0.25) is 0 Å². The molecule has 1 aliphatic rings. The molecule has 4 aromatic rings. The summed E-state index contributed by atoms with van der Waals surface area (Å²) in [6, 6.07) is 25.3. The summed E-state index contributed by atoms with van der Waals surface area (Å²) in [6.45, 7) is 0. The highest BCUT2D eigenvalue weighted by molar-refractivity contribution is 9.10. The van der Waals surface area contributed by atoms with E-state index >= 15 is 0 Å². The molecule has 0 amide bonds. The number of hydrogen-bond donors (Lipinski definition) is 0. The van der Waals surface area contributed by atoms with Gasteiger partial charge in [0.15, 0.2) is 5.60 Å². The molecule has 0 aromatic heterocycles. The second kappa shape index (κ2) is 9.04. The molecular formula is C29H21BrO5. The topological polar surface area (TPSA) is 61.8 Å². The van der Waals surface area contributed by atoms with Gasteiger partial charge in [-0.2, -0.15) is 0 Å². The average Bonchev–Trinajstić information content (AvgIpc) is 2.92. The first-order chi connectivity index (χ1) is 17.0. The van der Waals surface area contributed by atoms with Crippen LogP contribution in [0, 0.1) is 0 Å². The van der Waals surface area contributed by atoms with Crippen molar-refractivity contribution in [2.45, 2.75) is 5.60 Å². The molecule has 0 bridgehead atoms. The Hall–Kier alpha value is -3.90. The highest BCUT2D eigenvalue weighted by atomic mass is 79.9. The van der Waals surface area contributed by atoms with Gasteiger partial charge in [-0.1, -0.05) is 76.6 Å². The third-order valence-corrected chi connectivity index (χ3v) is 6.68. The van der Waals surface area contributed by atoms with Crippen molar-refractivity contribution in [3.05, 3.63) is 117 Å². The molecule has 0 atom stereocenters. The molecule has 35 heavy (non-hydrogen) atoms. The normalized spacial score (nSPS) is 13.6. The third kappa shape index (κ3) is 3.70. The Balaban J connectivity index is 1.89. The zero-order chi connectivity index (χ0) is 24.6. The van der Waals surface area contributed by atoms with E-state index in [4.69, 9.17) is 14.2 Å². The molecule has 5 nitrogen and oxygen atoms in total. The number of benzene rings is 4. The van der Waals surface area contributed by atoms with Crippen LogP contribution in [0.3, 0.4) is 0 Å². The van der Waals surface area contributed by atoms with Crippen molar-refractivity contribution in [1.82, 2.24) is 0 Å². The van der Waals surface area contributed by atoms with E-state index in [0.717, 1.165) is 15.6 Å². The minimum absolute atomic E-state index is 0.103. The lowest BCUT2D eigenvalue weighted by Crippen LogP contribution is -2.35. The SMILES string of the molecule is COC(=O)c1c2c(c3ccc(Br)cc3c1C(=O)OC)OC(c1ccccc1)(c1ccccc1)C=C2. The molecule has 0 saturated carbocycles. The maximum atomic E-state index is 13.0. The summed E-state index contributed by atoms with van der Waals surface area (Å²) in [5.41, 5.74) is 1.61. The van der Waals surface area contributed by atoms with Crippen LogP contribution >= 0.6 is 15.9 Å². The summed E-state index contributed by atoms with van der Waals surface area (Å²) >= 11 is 3.49. The second-order valence-corrected chi connectivity index (χ2v) is 8.98. The molecule has 1 aliphatic heterocycles. The van der Waals surface area contributed by atoms with E-state index in [2.05, 4.69) is 15.9 Å². The fourth-order valence-electron chi connectivity index (χ4n) is 4.59. The van der Waals surface area contributed by atoms with Crippen molar-refractivity contribution in [1.29, 1.82) is 0 Å². The number of carbonyl (C=O) groups is 2. The van der Waals surface area contributed by atoms with E-state index in [1.54, 1.807) is 6.07 Å². The Bertz CT molecular complexity index is 1440. The van der Waals surface area contributed by atoms with E-state index in [-0.39, 0.29) is 11.1 Å². The molecule has 5 rings (SSSR count).